The molecule has 0 spiro atoms. The summed E-state index contributed by atoms with van der Waals surface area (Å²) in [5, 5.41) is 2.73. The number of nitrogen functional groups attached to an aromatic ring is 1. The molecule has 3 nitrogen and oxygen atoms in total. The molecular weight excluding hydrogens is 1870 g/mol. The minimum absolute atomic E-state index is 0.215. The molecule has 4 aliphatic rings. The van der Waals surface area contributed by atoms with E-state index in [2.05, 4.69) is 512 Å². The molecule has 0 radical (unpaired) electrons. The molecule has 0 fully saturated rings. The van der Waals surface area contributed by atoms with Gasteiger partial charge < -0.3 is 15.2 Å². The Morgan fingerprint density at radius 3 is 0.762 bits per heavy atom. The Morgan fingerprint density at radius 1 is 0.200 bits per heavy atom. The lowest BCUT2D eigenvalue weighted by Crippen LogP contribution is -2.32. The van der Waals surface area contributed by atoms with Gasteiger partial charge in [0.25, 0.3) is 0 Å². The molecule has 21 aromatic rings. The lowest BCUT2D eigenvalue weighted by atomic mass is 9.79. The normalized spacial score (nSPS) is 11.7. The molecule has 0 unspecified atom stereocenters. The lowest BCUT2D eigenvalue weighted by Gasteiger charge is -2.45. The standard InChI is InChI=1S/C25H15N.C25H17N.2C25H20.C12H9Br.C12H11N.I2/c1-3-9-17-15(7-1)19-11-5-13-21-22-14-6-12-20-16-8-2-4-10-18(16)23(17)26(24(19)21)25(20)22;1-3-13-21-17(9-1)19-11-5-7-15-23(19)26-24-16-8-6-12-20(24)18-10-2-4-14-22(18)25(21)26;2*1-3-11-20(12-4-1)24-17-9-7-15-22(24)19-23-16-8-10-18-25(23)21-13-5-2-6-14-21;2*13-12-9-5-4-8-11(12)10-6-2-1-3-7-10;1-2/h1-14,23H;1-16,25H;2*1-18H,19H2;1-9H;1-9H,13H2;. The van der Waals surface area contributed by atoms with Gasteiger partial charge in [0, 0.05) is 97.4 Å². The summed E-state index contributed by atoms with van der Waals surface area (Å²) in [6.45, 7) is 0. The fraction of sp³-hybridized carbons (Fsp3) is 0.0323. The van der Waals surface area contributed by atoms with Crippen LogP contribution < -0.4 is 10.6 Å². The average Bonchev–Trinajstić information content (AvgIpc) is 1.56. The molecule has 2 N–H and O–H groups in total. The fourth-order valence-corrected chi connectivity index (χ4v) is 19.8. The van der Waals surface area contributed by atoms with E-state index in [1.165, 1.54) is 183 Å². The molecule has 0 bridgehead atoms. The van der Waals surface area contributed by atoms with Gasteiger partial charge in [-0.25, -0.2) is 0 Å². The predicted octanol–water partition coefficient (Wildman–Crippen LogP) is 35.0. The van der Waals surface area contributed by atoms with E-state index >= 15 is 0 Å². The maximum absolute atomic E-state index is 5.85. The van der Waals surface area contributed by atoms with Crippen LogP contribution in [0.4, 0.5) is 17.1 Å². The van der Waals surface area contributed by atoms with Crippen LogP contribution >= 0.6 is 53.2 Å². The van der Waals surface area contributed by atoms with Gasteiger partial charge in [0.1, 0.15) is 0 Å². The number of anilines is 3. The van der Waals surface area contributed by atoms with E-state index in [1.807, 2.05) is 60.7 Å². The van der Waals surface area contributed by atoms with E-state index < -0.39 is 0 Å². The maximum Gasteiger partial charge on any atom is 0.0857 e. The lowest BCUT2D eigenvalue weighted by molar-refractivity contribution is 0.717. The van der Waals surface area contributed by atoms with Crippen molar-refractivity contribution in [3.63, 3.8) is 0 Å². The van der Waals surface area contributed by atoms with Crippen molar-refractivity contribution in [2.45, 2.75) is 24.9 Å². The van der Waals surface area contributed by atoms with Crippen molar-refractivity contribution in [1.82, 2.24) is 4.57 Å². The molecule has 0 saturated carbocycles. The van der Waals surface area contributed by atoms with Gasteiger partial charge >= 0.3 is 0 Å². The molecule has 0 aliphatic carbocycles. The first-order valence-corrected chi connectivity index (χ1v) is 51.3. The number of hydrogen-bond acceptors (Lipinski definition) is 2. The number of benzene rings is 20. The van der Waals surface area contributed by atoms with Gasteiger partial charge in [0.05, 0.1) is 23.1 Å². The zero-order chi connectivity index (χ0) is 87.9. The van der Waals surface area contributed by atoms with Crippen molar-refractivity contribution in [3.8, 4) is 111 Å². The first-order chi connectivity index (χ1) is 64.5. The molecule has 5 heterocycles. The highest BCUT2D eigenvalue weighted by atomic mass is 128. The summed E-state index contributed by atoms with van der Waals surface area (Å²) in [6.07, 6.45) is 1.85. The van der Waals surface area contributed by atoms with Crippen LogP contribution in [0.2, 0.25) is 0 Å². The van der Waals surface area contributed by atoms with Crippen LogP contribution in [0.15, 0.2) is 514 Å². The monoisotopic (exact) mass is 1960 g/mol. The minimum atomic E-state index is 0.215. The van der Waals surface area contributed by atoms with Crippen molar-refractivity contribution in [2.75, 3.05) is 10.6 Å². The summed E-state index contributed by atoms with van der Waals surface area (Å²) >= 11 is 7.77. The summed E-state index contributed by atoms with van der Waals surface area (Å²) in [4.78, 5) is 2.52. The zero-order valence-electron chi connectivity index (χ0n) is 71.7. The van der Waals surface area contributed by atoms with Crippen LogP contribution in [0.1, 0.15) is 56.6 Å². The summed E-state index contributed by atoms with van der Waals surface area (Å²) in [7, 11) is 0. The second-order valence-electron chi connectivity index (χ2n) is 32.6. The highest BCUT2D eigenvalue weighted by molar-refractivity contribution is 15.0. The summed E-state index contributed by atoms with van der Waals surface area (Å²) < 4.78 is 3.74. The molecule has 4 aliphatic heterocycles. The Balaban J connectivity index is 0.000000103. The average molecular weight is 1960 g/mol. The molecule has 1 aromatic heterocycles. The Labute approximate surface area is 794 Å². The molecule has 130 heavy (non-hydrogen) atoms. The fourth-order valence-electron chi connectivity index (χ4n) is 19.3. The Kier molecular flexibility index (Phi) is 26.5. The first kappa shape index (κ1) is 85.2. The van der Waals surface area contributed by atoms with Gasteiger partial charge in [-0.2, -0.15) is 0 Å². The van der Waals surface area contributed by atoms with Crippen molar-refractivity contribution in [1.29, 1.82) is 0 Å². The Morgan fingerprint density at radius 2 is 0.431 bits per heavy atom. The third-order valence-electron chi connectivity index (χ3n) is 25.0. The number of para-hydroxylation sites is 5. The van der Waals surface area contributed by atoms with Gasteiger partial charge in [-0.15, -0.1) is 0 Å². The summed E-state index contributed by atoms with van der Waals surface area (Å²) in [6, 6.07) is 181. The van der Waals surface area contributed by atoms with Gasteiger partial charge in [0.2, 0.25) is 0 Å². The van der Waals surface area contributed by atoms with E-state index in [0.717, 1.165) is 28.6 Å². The number of fused-ring (bicyclic) bond motifs is 18. The number of halogens is 3. The van der Waals surface area contributed by atoms with E-state index in [4.69, 9.17) is 5.73 Å². The smallest absolute Gasteiger partial charge is 0.0857 e. The summed E-state index contributed by atoms with van der Waals surface area (Å²) in [5.74, 6) is 0. The Bertz CT molecular complexity index is 6790. The van der Waals surface area contributed by atoms with Crippen molar-refractivity contribution < 1.29 is 0 Å². The second-order valence-corrected chi connectivity index (χ2v) is 33.4. The SMILES string of the molecule is Brc1ccccc1-c1ccccc1.II.Nc1ccccc1-c1ccccc1.c1ccc(-c2ccccc2Cc2ccccc2-c2ccccc2)cc1.c1ccc(-c2ccccc2Cc2ccccc2-c2ccccc2)cc1.c1ccc2c(c1)-c1cccc3c4cccc5c4n(c13)C2c1ccccc1-5.c1ccc2c(c1)-c1ccccc1N1c3ccccc3-c3ccccc3C21. The van der Waals surface area contributed by atoms with Crippen LogP contribution in [-0.2, 0) is 12.8 Å². The van der Waals surface area contributed by atoms with Crippen molar-refractivity contribution in [3.05, 3.63) is 559 Å². The third kappa shape index (κ3) is 17.7. The second kappa shape index (κ2) is 40.4. The minimum Gasteiger partial charge on any atom is -0.398 e. The van der Waals surface area contributed by atoms with Crippen LogP contribution in [0.25, 0.3) is 133 Å². The largest absolute Gasteiger partial charge is 0.398 e. The first-order valence-electron chi connectivity index (χ1n) is 44.2. The van der Waals surface area contributed by atoms with Gasteiger partial charge in [-0.05, 0) is 165 Å². The van der Waals surface area contributed by atoms with E-state index in [-0.39, 0.29) is 12.1 Å². The van der Waals surface area contributed by atoms with E-state index in [0.29, 0.717) is 0 Å². The third-order valence-corrected chi connectivity index (χ3v) is 25.7. The molecular formula is C124H92BrI2N3. The maximum atomic E-state index is 5.85. The number of nitrogens with zero attached hydrogens (tertiary/aromatic N) is 2. The van der Waals surface area contributed by atoms with Crippen molar-refractivity contribution in [2.24, 2.45) is 0 Å². The number of rotatable bonds is 10. The highest BCUT2D eigenvalue weighted by Gasteiger charge is 2.39. The molecule has 25 rings (SSSR count). The molecule has 0 amide bonds. The molecule has 6 heteroatoms. The van der Waals surface area contributed by atoms with Gasteiger partial charge in [-0.1, -0.05) is 501 Å². The number of hydrogen-bond donors (Lipinski definition) is 1. The van der Waals surface area contributed by atoms with E-state index in [9.17, 15) is 0 Å². The van der Waals surface area contributed by atoms with Crippen LogP contribution in [0, 0.1) is 0 Å². The topological polar surface area (TPSA) is 34.2 Å². The predicted molar refractivity (Wildman–Crippen MR) is 572 cm³/mol. The number of aromatic nitrogens is 1. The molecule has 0 saturated heterocycles. The van der Waals surface area contributed by atoms with Crippen LogP contribution in [-0.4, -0.2) is 4.57 Å². The molecule has 20 aromatic carbocycles. The Hall–Kier alpha value is -14.3. The van der Waals surface area contributed by atoms with Gasteiger partial charge in [-0.3, -0.25) is 0 Å². The summed E-state index contributed by atoms with van der Waals surface area (Å²) in [5.41, 5.74) is 48.9. The van der Waals surface area contributed by atoms with Crippen LogP contribution in [0.3, 0.4) is 0 Å². The molecule has 0 atom stereocenters. The van der Waals surface area contributed by atoms with E-state index in [1.54, 1.807) is 0 Å². The zero-order valence-corrected chi connectivity index (χ0v) is 77.6. The quantitative estimate of drug-likeness (QED) is 0.109. The molecule has 624 valence electrons. The van der Waals surface area contributed by atoms with Crippen LogP contribution in [0.5, 0.6) is 0 Å². The number of nitrogens with two attached hydrogens (primary N) is 1. The van der Waals surface area contributed by atoms with Crippen molar-refractivity contribution >= 4 is 92.0 Å². The highest BCUT2D eigenvalue weighted by Crippen LogP contribution is 2.58. The van der Waals surface area contributed by atoms with Gasteiger partial charge in [0.15, 0.2) is 0 Å².